The summed E-state index contributed by atoms with van der Waals surface area (Å²) in [6.45, 7) is 15.2. The van der Waals surface area contributed by atoms with Gasteiger partial charge in [-0.05, 0) is 60.8 Å². The molecule has 1 aliphatic rings. The molecule has 64 heavy (non-hydrogen) atoms. The number of benzene rings is 2. The Morgan fingerprint density at radius 1 is 0.859 bits per heavy atom. The number of rotatable bonds is 24. The predicted molar refractivity (Wildman–Crippen MR) is 245 cm³/mol. The van der Waals surface area contributed by atoms with Gasteiger partial charge in [0.15, 0.2) is 0 Å². The first-order chi connectivity index (χ1) is 30.3. The van der Waals surface area contributed by atoms with Gasteiger partial charge >= 0.3 is 6.09 Å². The third-order valence-corrected chi connectivity index (χ3v) is 12.6. The van der Waals surface area contributed by atoms with Gasteiger partial charge in [0.1, 0.15) is 18.7 Å². The Kier molecular flexibility index (Phi) is 21.2. The van der Waals surface area contributed by atoms with Gasteiger partial charge in [0.2, 0.25) is 30.0 Å². The number of ether oxygens (including phenoxy) is 3. The van der Waals surface area contributed by atoms with E-state index in [0.717, 1.165) is 0 Å². The zero-order chi connectivity index (χ0) is 47.8. The van der Waals surface area contributed by atoms with Crippen LogP contribution in [0.3, 0.4) is 0 Å². The number of aliphatic hydroxyl groups is 1. The summed E-state index contributed by atoms with van der Waals surface area (Å²) in [6.07, 6.45) is -0.436. The van der Waals surface area contributed by atoms with Crippen molar-refractivity contribution in [1.82, 2.24) is 25.3 Å². The SMILES string of the molecule is CC[C@H](C)[C@@H]([C@@H](CC(=O)N1CCC[C@H]1[C@H](OC)[C@@H](C)C(=O)N[C@H](C)C(O)c1ccccc1)OC)N(C)C(=O)[C@@H](NC(=O)[C@H](C(C)C)N(C)C(=O)OCc1ccc(NC=O)cc1)C(C)C. The van der Waals surface area contributed by atoms with Crippen LogP contribution in [0.1, 0.15) is 98.3 Å². The van der Waals surface area contributed by atoms with E-state index in [9.17, 15) is 33.9 Å². The Hall–Kier alpha value is -5.06. The summed E-state index contributed by atoms with van der Waals surface area (Å²) in [7, 11) is 6.20. The number of hydrogen-bond acceptors (Lipinski definition) is 10. The molecule has 0 saturated carbocycles. The Bertz CT molecular complexity index is 1810. The molecule has 0 aliphatic carbocycles. The summed E-state index contributed by atoms with van der Waals surface area (Å²) in [5.74, 6) is -2.83. The lowest BCUT2D eigenvalue weighted by molar-refractivity contribution is -0.148. The molecule has 1 aliphatic heterocycles. The molecule has 2 aromatic carbocycles. The maximum Gasteiger partial charge on any atom is 0.410 e. The number of nitrogens with one attached hydrogen (secondary N) is 3. The highest BCUT2D eigenvalue weighted by Crippen LogP contribution is 2.30. The quantitative estimate of drug-likeness (QED) is 0.102. The number of likely N-dealkylation sites (tertiary alicyclic amines) is 1. The molecule has 16 heteroatoms. The summed E-state index contributed by atoms with van der Waals surface area (Å²) >= 11 is 0. The number of anilines is 1. The van der Waals surface area contributed by atoms with Crippen molar-refractivity contribution in [2.75, 3.05) is 40.2 Å². The van der Waals surface area contributed by atoms with Gasteiger partial charge in [0, 0.05) is 40.5 Å². The van der Waals surface area contributed by atoms with E-state index in [2.05, 4.69) is 16.0 Å². The molecule has 356 valence electrons. The van der Waals surface area contributed by atoms with E-state index in [-0.39, 0.29) is 48.5 Å². The Morgan fingerprint density at radius 3 is 2.05 bits per heavy atom. The maximum atomic E-state index is 14.5. The minimum atomic E-state index is -0.976. The average Bonchev–Trinajstić information content (AvgIpc) is 3.77. The van der Waals surface area contributed by atoms with Crippen LogP contribution in [0.4, 0.5) is 10.5 Å². The number of hydrogen-bond donors (Lipinski definition) is 4. The number of methoxy groups -OCH3 is 2. The number of amides is 6. The molecular formula is C48H74N6O10. The summed E-state index contributed by atoms with van der Waals surface area (Å²) in [5.41, 5.74) is 1.97. The predicted octanol–water partition coefficient (Wildman–Crippen LogP) is 5.15. The molecule has 1 saturated heterocycles. The zero-order valence-corrected chi connectivity index (χ0v) is 39.9. The van der Waals surface area contributed by atoms with Gasteiger partial charge in [0.05, 0.1) is 48.8 Å². The lowest BCUT2D eigenvalue weighted by Crippen LogP contribution is -2.60. The van der Waals surface area contributed by atoms with Gasteiger partial charge in [-0.2, -0.15) is 0 Å². The van der Waals surface area contributed by atoms with Crippen LogP contribution in [0.25, 0.3) is 0 Å². The number of likely N-dealkylation sites (N-methyl/N-ethyl adjacent to an activating group) is 2. The summed E-state index contributed by atoms with van der Waals surface area (Å²) in [6, 6.07) is 12.4. The summed E-state index contributed by atoms with van der Waals surface area (Å²) in [5, 5.41) is 19.3. The molecule has 1 heterocycles. The molecule has 1 unspecified atom stereocenters. The Morgan fingerprint density at radius 2 is 1.50 bits per heavy atom. The normalized spacial score (nSPS) is 18.1. The van der Waals surface area contributed by atoms with Gasteiger partial charge in [-0.1, -0.05) is 97.4 Å². The molecule has 1 fully saturated rings. The van der Waals surface area contributed by atoms with Crippen LogP contribution in [0.2, 0.25) is 0 Å². The standard InChI is InChI=1S/C48H74N6O10/c1-13-31(6)42(38(62-11)26-39(56)54-25-17-20-37(54)44(63-12)32(7)45(58)50-33(8)43(57)35-18-15-14-16-19-35)52(9)47(60)40(29(2)3)51-46(59)41(30(4)5)53(10)48(61)64-27-34-21-23-36(24-22-34)49-28-55/h14-16,18-19,21-24,28-33,37-38,40-44,57H,13,17,20,25-27H2,1-12H3,(H,49,55)(H,50,58)(H,51,59)/t31-,32+,33+,37-,38+,40-,41-,42-,43?,44+/m0/s1. The first-order valence-electron chi connectivity index (χ1n) is 22.5. The minimum Gasteiger partial charge on any atom is -0.445 e. The highest BCUT2D eigenvalue weighted by atomic mass is 16.6. The molecule has 0 bridgehead atoms. The molecule has 0 spiro atoms. The second-order valence-electron chi connectivity index (χ2n) is 17.8. The first kappa shape index (κ1) is 53.3. The van der Waals surface area contributed by atoms with Crippen molar-refractivity contribution >= 4 is 41.8 Å². The van der Waals surface area contributed by atoms with E-state index in [0.29, 0.717) is 49.0 Å². The zero-order valence-electron chi connectivity index (χ0n) is 39.9. The average molecular weight is 895 g/mol. The first-order valence-corrected chi connectivity index (χ1v) is 22.5. The minimum absolute atomic E-state index is 0.0439. The summed E-state index contributed by atoms with van der Waals surface area (Å²) in [4.78, 5) is 85.0. The Balaban J connectivity index is 1.75. The summed E-state index contributed by atoms with van der Waals surface area (Å²) < 4.78 is 17.5. The van der Waals surface area contributed by atoms with Gasteiger partial charge in [0.25, 0.3) is 0 Å². The lowest BCUT2D eigenvalue weighted by Gasteiger charge is -2.41. The fourth-order valence-electron chi connectivity index (χ4n) is 8.70. The molecule has 16 nitrogen and oxygen atoms in total. The van der Waals surface area contributed by atoms with Crippen molar-refractivity contribution < 1.29 is 48.1 Å². The monoisotopic (exact) mass is 895 g/mol. The van der Waals surface area contributed by atoms with Crippen LogP contribution in [0.15, 0.2) is 54.6 Å². The van der Waals surface area contributed by atoms with E-state index in [1.54, 1.807) is 80.9 Å². The third-order valence-electron chi connectivity index (χ3n) is 12.6. The topological polar surface area (TPSA) is 196 Å². The van der Waals surface area contributed by atoms with E-state index in [4.69, 9.17) is 14.2 Å². The van der Waals surface area contributed by atoms with Gasteiger partial charge < -0.3 is 45.1 Å². The van der Waals surface area contributed by atoms with Crippen molar-refractivity contribution in [2.24, 2.45) is 23.7 Å². The second-order valence-corrected chi connectivity index (χ2v) is 17.8. The van der Waals surface area contributed by atoms with E-state index in [1.807, 2.05) is 45.9 Å². The molecule has 0 aromatic heterocycles. The van der Waals surface area contributed by atoms with E-state index < -0.39 is 66.4 Å². The third kappa shape index (κ3) is 14.0. The fraction of sp³-hybridized carbons (Fsp3) is 0.625. The molecule has 4 N–H and O–H groups in total. The number of aliphatic hydroxyl groups excluding tert-OH is 1. The number of nitrogens with zero attached hydrogens (tertiary/aromatic N) is 3. The lowest BCUT2D eigenvalue weighted by atomic mass is 9.89. The maximum absolute atomic E-state index is 14.5. The van der Waals surface area contributed by atoms with Gasteiger partial charge in [-0.25, -0.2) is 4.79 Å². The molecule has 0 radical (unpaired) electrons. The van der Waals surface area contributed by atoms with E-state index in [1.165, 1.54) is 26.2 Å². The Labute approximate surface area is 380 Å². The van der Waals surface area contributed by atoms with Crippen molar-refractivity contribution in [1.29, 1.82) is 0 Å². The highest BCUT2D eigenvalue weighted by molar-refractivity contribution is 5.92. The molecular weight excluding hydrogens is 821 g/mol. The largest absolute Gasteiger partial charge is 0.445 e. The fourth-order valence-corrected chi connectivity index (χ4v) is 8.70. The molecule has 6 amide bonds. The molecule has 2 aromatic rings. The van der Waals surface area contributed by atoms with Crippen molar-refractivity contribution in [3.8, 4) is 0 Å². The van der Waals surface area contributed by atoms with Crippen LogP contribution in [-0.2, 0) is 44.8 Å². The second kappa shape index (κ2) is 25.4. The van der Waals surface area contributed by atoms with E-state index >= 15 is 0 Å². The van der Waals surface area contributed by atoms with Crippen LogP contribution in [-0.4, -0.2) is 133 Å². The van der Waals surface area contributed by atoms with Gasteiger partial charge in [-0.3, -0.25) is 28.9 Å². The smallest absolute Gasteiger partial charge is 0.410 e. The number of carbonyl (C=O) groups excluding carboxylic acids is 6. The van der Waals surface area contributed by atoms with Crippen molar-refractivity contribution in [3.05, 3.63) is 65.7 Å². The van der Waals surface area contributed by atoms with Crippen LogP contribution in [0.5, 0.6) is 0 Å². The van der Waals surface area contributed by atoms with Crippen molar-refractivity contribution in [2.45, 2.75) is 136 Å². The van der Waals surface area contributed by atoms with Crippen molar-refractivity contribution in [3.63, 3.8) is 0 Å². The van der Waals surface area contributed by atoms with Gasteiger partial charge in [-0.15, -0.1) is 0 Å². The van der Waals surface area contributed by atoms with Crippen LogP contribution < -0.4 is 16.0 Å². The van der Waals surface area contributed by atoms with Crippen LogP contribution in [0, 0.1) is 23.7 Å². The highest BCUT2D eigenvalue weighted by Gasteiger charge is 2.43. The molecule has 10 atom stereocenters. The number of carbonyl (C=O) groups is 6. The van der Waals surface area contributed by atoms with Crippen LogP contribution >= 0.6 is 0 Å². The molecule has 3 rings (SSSR count).